The van der Waals surface area contributed by atoms with Gasteiger partial charge in [0.25, 0.3) is 0 Å². The summed E-state index contributed by atoms with van der Waals surface area (Å²) in [6.45, 7) is 5.02. The Morgan fingerprint density at radius 1 is 1.12 bits per heavy atom. The number of benzene rings is 1. The van der Waals surface area contributed by atoms with Crippen molar-refractivity contribution in [3.8, 4) is 0 Å². The summed E-state index contributed by atoms with van der Waals surface area (Å²) in [5.74, 6) is 2.90. The lowest BCUT2D eigenvalue weighted by Crippen LogP contribution is -2.55. The van der Waals surface area contributed by atoms with Crippen LogP contribution < -0.4 is 0 Å². The van der Waals surface area contributed by atoms with Gasteiger partial charge in [-0.3, -0.25) is 4.90 Å². The SMILES string of the molecule is C1=C[C@H]2CCCN3CC[C@@H]([C@@H]2[C@]32CO2)[C@H]1CCOCc1ccccc1. The van der Waals surface area contributed by atoms with E-state index in [0.29, 0.717) is 11.8 Å². The van der Waals surface area contributed by atoms with Crippen LogP contribution in [0, 0.1) is 23.7 Å². The molecule has 134 valence electrons. The van der Waals surface area contributed by atoms with Gasteiger partial charge in [0.15, 0.2) is 0 Å². The van der Waals surface area contributed by atoms with Crippen molar-refractivity contribution in [2.75, 3.05) is 26.3 Å². The highest BCUT2D eigenvalue weighted by molar-refractivity contribution is 5.17. The number of hydrogen-bond acceptors (Lipinski definition) is 3. The normalized spacial score (nSPS) is 41.5. The van der Waals surface area contributed by atoms with Crippen molar-refractivity contribution in [1.82, 2.24) is 4.90 Å². The molecule has 0 saturated carbocycles. The molecule has 25 heavy (non-hydrogen) atoms. The van der Waals surface area contributed by atoms with Crippen molar-refractivity contribution in [1.29, 1.82) is 0 Å². The lowest BCUT2D eigenvalue weighted by molar-refractivity contribution is -0.0609. The van der Waals surface area contributed by atoms with E-state index in [1.165, 1.54) is 37.9 Å². The third kappa shape index (κ3) is 2.87. The van der Waals surface area contributed by atoms with Crippen LogP contribution in [0.4, 0.5) is 0 Å². The van der Waals surface area contributed by atoms with Gasteiger partial charge in [0.1, 0.15) is 5.72 Å². The fourth-order valence-corrected chi connectivity index (χ4v) is 5.74. The van der Waals surface area contributed by atoms with Gasteiger partial charge in [-0.1, -0.05) is 42.5 Å². The van der Waals surface area contributed by atoms with E-state index < -0.39 is 0 Å². The summed E-state index contributed by atoms with van der Waals surface area (Å²) < 4.78 is 12.1. The van der Waals surface area contributed by atoms with E-state index in [9.17, 15) is 0 Å². The number of rotatable bonds is 5. The lowest BCUT2D eigenvalue weighted by atomic mass is 9.63. The number of piperidine rings is 1. The highest BCUT2D eigenvalue weighted by atomic mass is 16.6. The summed E-state index contributed by atoms with van der Waals surface area (Å²) >= 11 is 0. The third-order valence-electron chi connectivity index (χ3n) is 6.98. The van der Waals surface area contributed by atoms with E-state index in [0.717, 1.165) is 38.1 Å². The minimum atomic E-state index is 0.109. The van der Waals surface area contributed by atoms with Crippen molar-refractivity contribution in [2.45, 2.75) is 38.0 Å². The molecule has 0 N–H and O–H groups in total. The number of epoxide rings is 1. The Balaban J connectivity index is 1.23. The average molecular weight is 339 g/mol. The molecule has 1 spiro atoms. The molecule has 3 heterocycles. The average Bonchev–Trinajstić information content (AvgIpc) is 3.45. The molecule has 1 aliphatic carbocycles. The molecule has 1 unspecified atom stereocenters. The first-order chi connectivity index (χ1) is 12.4. The van der Waals surface area contributed by atoms with Crippen molar-refractivity contribution in [3.05, 3.63) is 48.0 Å². The van der Waals surface area contributed by atoms with Crippen molar-refractivity contribution >= 4 is 0 Å². The van der Waals surface area contributed by atoms with Crippen LogP contribution in [0.5, 0.6) is 0 Å². The lowest BCUT2D eigenvalue weighted by Gasteiger charge is -2.49. The molecule has 3 fully saturated rings. The van der Waals surface area contributed by atoms with E-state index in [1.807, 2.05) is 0 Å². The maximum absolute atomic E-state index is 6.11. The van der Waals surface area contributed by atoms with Gasteiger partial charge in [-0.2, -0.15) is 0 Å². The zero-order valence-electron chi connectivity index (χ0n) is 15.0. The maximum atomic E-state index is 6.11. The third-order valence-corrected chi connectivity index (χ3v) is 6.98. The minimum Gasteiger partial charge on any atom is -0.377 e. The molecule has 3 saturated heterocycles. The quantitative estimate of drug-likeness (QED) is 0.463. The molecule has 2 bridgehead atoms. The van der Waals surface area contributed by atoms with Crippen molar-refractivity contribution < 1.29 is 9.47 Å². The van der Waals surface area contributed by atoms with E-state index in [2.05, 4.69) is 47.4 Å². The second kappa shape index (κ2) is 6.53. The van der Waals surface area contributed by atoms with Crippen LogP contribution in [0.25, 0.3) is 0 Å². The van der Waals surface area contributed by atoms with Gasteiger partial charge in [0, 0.05) is 25.6 Å². The van der Waals surface area contributed by atoms with Crippen LogP contribution in [-0.4, -0.2) is 36.9 Å². The maximum Gasteiger partial charge on any atom is 0.149 e. The fourth-order valence-electron chi connectivity index (χ4n) is 5.74. The smallest absolute Gasteiger partial charge is 0.149 e. The Bertz CT molecular complexity index is 624. The van der Waals surface area contributed by atoms with Crippen molar-refractivity contribution in [3.63, 3.8) is 0 Å². The van der Waals surface area contributed by atoms with Gasteiger partial charge in [0.05, 0.1) is 13.2 Å². The van der Waals surface area contributed by atoms with Gasteiger partial charge >= 0.3 is 0 Å². The number of nitrogens with zero attached hydrogens (tertiary/aromatic N) is 1. The monoisotopic (exact) mass is 339 g/mol. The summed E-state index contributed by atoms with van der Waals surface area (Å²) in [6.07, 6.45) is 10.2. The Kier molecular flexibility index (Phi) is 4.19. The topological polar surface area (TPSA) is 25.0 Å². The molecule has 1 aromatic rings. The van der Waals surface area contributed by atoms with Crippen LogP contribution in [0.1, 0.15) is 31.2 Å². The molecule has 4 aliphatic rings. The van der Waals surface area contributed by atoms with Gasteiger partial charge < -0.3 is 9.47 Å². The molecule has 1 aromatic carbocycles. The number of ether oxygens (including phenoxy) is 2. The highest BCUT2D eigenvalue weighted by Gasteiger charge is 2.64. The van der Waals surface area contributed by atoms with Crippen LogP contribution in [0.15, 0.2) is 42.5 Å². The standard InChI is InChI=1S/C22H29NO2/c1-2-5-17(6-3-1)15-24-14-11-18-8-9-19-7-4-12-23-13-10-20(18)21(19)22(23)16-25-22/h1-3,5-6,8-9,18-21H,4,7,10-16H2/t18-,19-,20-,21-,22-/m1/s1. The first kappa shape index (κ1) is 16.0. The van der Waals surface area contributed by atoms with Crippen LogP contribution >= 0.6 is 0 Å². The van der Waals surface area contributed by atoms with E-state index >= 15 is 0 Å². The fraction of sp³-hybridized carbons (Fsp3) is 0.636. The number of allylic oxidation sites excluding steroid dienone is 2. The van der Waals surface area contributed by atoms with Crippen molar-refractivity contribution in [2.24, 2.45) is 23.7 Å². The summed E-state index contributed by atoms with van der Waals surface area (Å²) in [6, 6.07) is 10.5. The summed E-state index contributed by atoms with van der Waals surface area (Å²) in [7, 11) is 0. The van der Waals surface area contributed by atoms with Gasteiger partial charge in [0.2, 0.25) is 0 Å². The first-order valence-corrected chi connectivity index (χ1v) is 10.1. The van der Waals surface area contributed by atoms with E-state index in [-0.39, 0.29) is 5.72 Å². The molecule has 3 heteroatoms. The highest BCUT2D eigenvalue weighted by Crippen LogP contribution is 2.57. The van der Waals surface area contributed by atoms with E-state index in [1.54, 1.807) is 0 Å². The summed E-state index contributed by atoms with van der Waals surface area (Å²) in [4.78, 5) is 2.66. The minimum absolute atomic E-state index is 0.109. The van der Waals surface area contributed by atoms with Crippen LogP contribution in [0.2, 0.25) is 0 Å². The van der Waals surface area contributed by atoms with Gasteiger partial charge in [-0.15, -0.1) is 0 Å². The second-order valence-electron chi connectivity index (χ2n) is 8.28. The largest absolute Gasteiger partial charge is 0.377 e. The summed E-state index contributed by atoms with van der Waals surface area (Å²) in [5, 5.41) is 0. The molecule has 5 rings (SSSR count). The molecular formula is C22H29NO2. The Morgan fingerprint density at radius 2 is 2.00 bits per heavy atom. The zero-order valence-corrected chi connectivity index (χ0v) is 15.0. The molecule has 6 atom stereocenters. The van der Waals surface area contributed by atoms with Gasteiger partial charge in [-0.05, 0) is 49.0 Å². The predicted octanol–water partition coefficient (Wildman–Crippen LogP) is 3.85. The zero-order chi connectivity index (χ0) is 16.7. The van der Waals surface area contributed by atoms with Crippen LogP contribution in [-0.2, 0) is 16.1 Å². The Hall–Kier alpha value is -1.16. The second-order valence-corrected chi connectivity index (χ2v) is 8.28. The number of hydrogen-bond donors (Lipinski definition) is 0. The molecule has 3 aliphatic heterocycles. The molecule has 0 radical (unpaired) electrons. The molecule has 0 amide bonds. The first-order valence-electron chi connectivity index (χ1n) is 10.1. The molecule has 0 aromatic heterocycles. The Labute approximate surface area is 151 Å². The van der Waals surface area contributed by atoms with Gasteiger partial charge in [-0.25, -0.2) is 0 Å². The van der Waals surface area contributed by atoms with E-state index in [4.69, 9.17) is 9.47 Å². The Morgan fingerprint density at radius 3 is 2.84 bits per heavy atom. The molecular weight excluding hydrogens is 310 g/mol. The summed E-state index contributed by atoms with van der Waals surface area (Å²) in [5.41, 5.74) is 1.38. The van der Waals surface area contributed by atoms with Crippen LogP contribution in [0.3, 0.4) is 0 Å². The predicted molar refractivity (Wildman–Crippen MR) is 97.9 cm³/mol. The molecule has 3 nitrogen and oxygen atoms in total.